The number of urea groups is 1. The molecule has 1 aromatic heterocycles. The number of aromatic nitrogens is 2. The summed E-state index contributed by atoms with van der Waals surface area (Å²) in [5.41, 5.74) is 3.77. The first kappa shape index (κ1) is 20.3. The molecule has 1 aromatic carbocycles. The van der Waals surface area contributed by atoms with Gasteiger partial charge in [0.25, 0.3) is 0 Å². The summed E-state index contributed by atoms with van der Waals surface area (Å²) in [4.78, 5) is 12.5. The number of nitrogens with one attached hydrogen (secondary N) is 3. The van der Waals surface area contributed by atoms with E-state index in [2.05, 4.69) is 20.5 Å². The Kier molecular flexibility index (Phi) is 6.04. The van der Waals surface area contributed by atoms with Crippen LogP contribution < -0.4 is 15.4 Å². The monoisotopic (exact) mass is 405 g/mol. The maximum absolute atomic E-state index is 12.5. The minimum absolute atomic E-state index is 0.0657. The molecule has 1 aliphatic carbocycles. The van der Waals surface area contributed by atoms with Crippen molar-refractivity contribution >= 4 is 16.1 Å². The van der Waals surface area contributed by atoms with E-state index in [1.165, 1.54) is 0 Å². The number of hydrogen-bond donors (Lipinski definition) is 3. The molecule has 0 saturated carbocycles. The van der Waals surface area contributed by atoms with Crippen molar-refractivity contribution in [1.29, 1.82) is 0 Å². The van der Waals surface area contributed by atoms with Gasteiger partial charge in [0, 0.05) is 31.4 Å². The number of aryl methyl sites for hydroxylation is 3. The van der Waals surface area contributed by atoms with Crippen molar-refractivity contribution in [1.82, 2.24) is 25.1 Å². The first-order chi connectivity index (χ1) is 13.3. The van der Waals surface area contributed by atoms with Gasteiger partial charge in [0.05, 0.1) is 17.1 Å². The Morgan fingerprint density at radius 1 is 1.29 bits per heavy atom. The summed E-state index contributed by atoms with van der Waals surface area (Å²) in [6.45, 7) is 3.92. The minimum atomic E-state index is -3.61. The van der Waals surface area contributed by atoms with Crippen LogP contribution in [0.15, 0.2) is 29.3 Å². The molecule has 1 aliphatic rings. The van der Waals surface area contributed by atoms with Gasteiger partial charge in [-0.15, -0.1) is 0 Å². The van der Waals surface area contributed by atoms with Crippen LogP contribution in [0.5, 0.6) is 0 Å². The molecule has 1 atom stereocenters. The van der Waals surface area contributed by atoms with Gasteiger partial charge in [0.2, 0.25) is 10.0 Å². The fourth-order valence-corrected chi connectivity index (χ4v) is 4.86. The summed E-state index contributed by atoms with van der Waals surface area (Å²) in [6, 6.07) is 4.93. The highest BCUT2D eigenvalue weighted by Crippen LogP contribution is 2.28. The van der Waals surface area contributed by atoms with Crippen molar-refractivity contribution in [2.75, 3.05) is 13.1 Å². The van der Waals surface area contributed by atoms with E-state index in [1.54, 1.807) is 25.3 Å². The normalized spacial score (nSPS) is 16.5. The highest BCUT2D eigenvalue weighted by Gasteiger charge is 2.24. The molecule has 8 nitrogen and oxygen atoms in total. The number of fused-ring (bicyclic) bond motifs is 1. The van der Waals surface area contributed by atoms with E-state index in [4.69, 9.17) is 0 Å². The van der Waals surface area contributed by atoms with Crippen LogP contribution in [-0.2, 0) is 23.5 Å². The molecule has 152 valence electrons. The van der Waals surface area contributed by atoms with Crippen LogP contribution in [-0.4, -0.2) is 37.3 Å². The Bertz CT molecular complexity index is 968. The van der Waals surface area contributed by atoms with Crippen LogP contribution in [0.3, 0.4) is 0 Å². The van der Waals surface area contributed by atoms with E-state index in [1.807, 2.05) is 24.7 Å². The smallest absolute Gasteiger partial charge is 0.315 e. The van der Waals surface area contributed by atoms with Gasteiger partial charge < -0.3 is 10.6 Å². The molecule has 28 heavy (non-hydrogen) atoms. The first-order valence-corrected chi connectivity index (χ1v) is 10.9. The van der Waals surface area contributed by atoms with Gasteiger partial charge in [-0.2, -0.15) is 5.10 Å². The lowest BCUT2D eigenvalue weighted by Crippen LogP contribution is -2.42. The van der Waals surface area contributed by atoms with E-state index < -0.39 is 10.0 Å². The molecular formula is C19H27N5O3S. The molecule has 1 heterocycles. The number of sulfonamides is 1. The number of carbonyl (C=O) groups is 1. The largest absolute Gasteiger partial charge is 0.337 e. The number of carbonyl (C=O) groups excluding carboxylic acids is 1. The quantitative estimate of drug-likeness (QED) is 0.636. The minimum Gasteiger partial charge on any atom is -0.337 e. The highest BCUT2D eigenvalue weighted by atomic mass is 32.2. The van der Waals surface area contributed by atoms with E-state index in [0.29, 0.717) is 5.56 Å². The van der Waals surface area contributed by atoms with E-state index in [0.717, 1.165) is 36.1 Å². The summed E-state index contributed by atoms with van der Waals surface area (Å²) < 4.78 is 29.3. The molecule has 2 amide bonds. The van der Waals surface area contributed by atoms with Crippen molar-refractivity contribution in [3.8, 4) is 0 Å². The first-order valence-electron chi connectivity index (χ1n) is 9.40. The summed E-state index contributed by atoms with van der Waals surface area (Å²) in [5.74, 6) is 0. The molecule has 0 aliphatic heterocycles. The molecule has 0 spiro atoms. The van der Waals surface area contributed by atoms with Gasteiger partial charge >= 0.3 is 6.03 Å². The summed E-state index contributed by atoms with van der Waals surface area (Å²) in [6.07, 6.45) is 4.63. The molecule has 1 unspecified atom stereocenters. The van der Waals surface area contributed by atoms with E-state index in [9.17, 15) is 13.2 Å². The predicted octanol–water partition coefficient (Wildman–Crippen LogP) is 1.69. The van der Waals surface area contributed by atoms with Gasteiger partial charge in [0.15, 0.2) is 0 Å². The molecule has 0 bridgehead atoms. The second-order valence-electron chi connectivity index (χ2n) is 7.18. The Balaban J connectivity index is 1.49. The van der Waals surface area contributed by atoms with Crippen LogP contribution in [0.1, 0.15) is 41.3 Å². The van der Waals surface area contributed by atoms with Crippen LogP contribution in [0.25, 0.3) is 0 Å². The van der Waals surface area contributed by atoms with Gasteiger partial charge in [0.1, 0.15) is 0 Å². The Morgan fingerprint density at radius 2 is 2.07 bits per heavy atom. The highest BCUT2D eigenvalue weighted by molar-refractivity contribution is 7.89. The Hall–Kier alpha value is -2.39. The summed E-state index contributed by atoms with van der Waals surface area (Å²) in [5, 5.41) is 9.94. The molecule has 3 rings (SSSR count). The molecule has 9 heteroatoms. The van der Waals surface area contributed by atoms with Crippen molar-refractivity contribution in [3.05, 3.63) is 46.8 Å². The number of nitrogens with zero attached hydrogens (tertiary/aromatic N) is 2. The van der Waals surface area contributed by atoms with Crippen molar-refractivity contribution in [3.63, 3.8) is 0 Å². The average Bonchev–Trinajstić information content (AvgIpc) is 3.03. The molecule has 0 fully saturated rings. The standard InChI is InChI=1S/C19H27N5O3S/c1-13-7-8-14(2)18(11-13)28(26,27)22-10-9-20-19(25)23-16-5-4-6-17-15(16)12-21-24(17)3/h7-8,11-12,16,22H,4-6,9-10H2,1-3H3,(H2,20,23,25). The topological polar surface area (TPSA) is 105 Å². The zero-order valence-corrected chi connectivity index (χ0v) is 17.3. The lowest BCUT2D eigenvalue weighted by atomic mass is 9.93. The average molecular weight is 406 g/mol. The second-order valence-corrected chi connectivity index (χ2v) is 8.92. The van der Waals surface area contributed by atoms with Crippen LogP contribution >= 0.6 is 0 Å². The van der Waals surface area contributed by atoms with E-state index in [-0.39, 0.29) is 30.1 Å². The van der Waals surface area contributed by atoms with Crippen molar-refractivity contribution in [2.24, 2.45) is 7.05 Å². The summed E-state index contributed by atoms with van der Waals surface area (Å²) in [7, 11) is -1.70. The van der Waals surface area contributed by atoms with Crippen LogP contribution in [0.4, 0.5) is 4.79 Å². The molecule has 0 saturated heterocycles. The second kappa shape index (κ2) is 8.32. The Morgan fingerprint density at radius 3 is 2.86 bits per heavy atom. The van der Waals surface area contributed by atoms with Crippen molar-refractivity contribution < 1.29 is 13.2 Å². The molecular weight excluding hydrogens is 378 g/mol. The third kappa shape index (κ3) is 4.53. The third-order valence-electron chi connectivity index (χ3n) is 5.02. The molecule has 2 aromatic rings. The molecule has 3 N–H and O–H groups in total. The van der Waals surface area contributed by atoms with Gasteiger partial charge in [-0.25, -0.2) is 17.9 Å². The van der Waals surface area contributed by atoms with Crippen LogP contribution in [0, 0.1) is 13.8 Å². The van der Waals surface area contributed by atoms with Crippen molar-refractivity contribution in [2.45, 2.75) is 44.0 Å². The maximum Gasteiger partial charge on any atom is 0.315 e. The lowest BCUT2D eigenvalue weighted by molar-refractivity contribution is 0.235. The number of amides is 2. The van der Waals surface area contributed by atoms with Gasteiger partial charge in [-0.05, 0) is 50.3 Å². The lowest BCUT2D eigenvalue weighted by Gasteiger charge is -2.24. The zero-order chi connectivity index (χ0) is 20.3. The SMILES string of the molecule is Cc1ccc(C)c(S(=O)(=O)NCCNC(=O)NC2CCCc3c2cnn3C)c1. The fraction of sp³-hybridized carbons (Fsp3) is 0.474. The maximum atomic E-state index is 12.5. The van der Waals surface area contributed by atoms with Gasteiger partial charge in [-0.3, -0.25) is 4.68 Å². The molecule has 0 radical (unpaired) electrons. The zero-order valence-electron chi connectivity index (χ0n) is 16.4. The van der Waals surface area contributed by atoms with Gasteiger partial charge in [-0.1, -0.05) is 12.1 Å². The van der Waals surface area contributed by atoms with E-state index >= 15 is 0 Å². The fourth-order valence-electron chi connectivity index (χ4n) is 3.50. The number of benzene rings is 1. The summed E-state index contributed by atoms with van der Waals surface area (Å²) >= 11 is 0. The number of hydrogen-bond acceptors (Lipinski definition) is 4. The Labute approximate surface area is 165 Å². The van der Waals surface area contributed by atoms with Crippen LogP contribution in [0.2, 0.25) is 0 Å². The predicted molar refractivity (Wildman–Crippen MR) is 107 cm³/mol. The number of rotatable bonds is 6. The third-order valence-corrected chi connectivity index (χ3v) is 6.62.